The van der Waals surface area contributed by atoms with Crippen molar-refractivity contribution in [1.29, 1.82) is 0 Å². The SMILES string of the molecule is CS(=O)(=O)NCc1nnc2ccc(-c3ccsc3)nn12. The molecule has 0 unspecified atom stereocenters. The smallest absolute Gasteiger partial charge is 0.209 e. The van der Waals surface area contributed by atoms with Crippen molar-refractivity contribution in [3.63, 3.8) is 0 Å². The first-order chi connectivity index (χ1) is 9.53. The summed E-state index contributed by atoms with van der Waals surface area (Å²) in [7, 11) is -3.28. The van der Waals surface area contributed by atoms with Gasteiger partial charge >= 0.3 is 0 Å². The van der Waals surface area contributed by atoms with Gasteiger partial charge in [0.05, 0.1) is 18.5 Å². The minimum Gasteiger partial charge on any atom is -0.213 e. The molecule has 1 N–H and O–H groups in total. The largest absolute Gasteiger partial charge is 0.213 e. The fourth-order valence-corrected chi connectivity index (χ4v) is 2.74. The number of rotatable bonds is 4. The van der Waals surface area contributed by atoms with Crippen LogP contribution >= 0.6 is 11.3 Å². The Balaban J connectivity index is 2.00. The molecule has 0 amide bonds. The van der Waals surface area contributed by atoms with Crippen LogP contribution in [-0.2, 0) is 16.6 Å². The lowest BCUT2D eigenvalue weighted by Gasteiger charge is -2.02. The molecule has 0 saturated heterocycles. The fraction of sp³-hybridized carbons (Fsp3) is 0.182. The van der Waals surface area contributed by atoms with E-state index in [2.05, 4.69) is 20.0 Å². The highest BCUT2D eigenvalue weighted by atomic mass is 32.2. The second kappa shape index (κ2) is 4.93. The van der Waals surface area contributed by atoms with E-state index in [0.717, 1.165) is 17.5 Å². The Kier molecular flexibility index (Phi) is 3.24. The van der Waals surface area contributed by atoms with E-state index in [1.807, 2.05) is 22.9 Å². The molecule has 3 rings (SSSR count). The van der Waals surface area contributed by atoms with Gasteiger partial charge in [0.15, 0.2) is 11.5 Å². The van der Waals surface area contributed by atoms with Gasteiger partial charge in [0.2, 0.25) is 10.0 Å². The first-order valence-corrected chi connectivity index (χ1v) is 8.55. The Morgan fingerprint density at radius 2 is 2.15 bits per heavy atom. The monoisotopic (exact) mass is 309 g/mol. The molecule has 3 aromatic heterocycles. The summed E-state index contributed by atoms with van der Waals surface area (Å²) in [6, 6.07) is 5.63. The second-order valence-electron chi connectivity index (χ2n) is 4.21. The number of thiophene rings is 1. The quantitative estimate of drug-likeness (QED) is 0.773. The second-order valence-corrected chi connectivity index (χ2v) is 6.82. The summed E-state index contributed by atoms with van der Waals surface area (Å²) in [6.45, 7) is 0.0556. The van der Waals surface area contributed by atoms with Crippen molar-refractivity contribution in [2.45, 2.75) is 6.54 Å². The number of nitrogens with one attached hydrogen (secondary N) is 1. The van der Waals surface area contributed by atoms with E-state index in [1.165, 1.54) is 0 Å². The standard InChI is InChI=1S/C11H11N5O2S2/c1-20(17,18)12-6-11-14-13-10-3-2-9(15-16(10)11)8-4-5-19-7-8/h2-5,7,12H,6H2,1H3. The van der Waals surface area contributed by atoms with E-state index >= 15 is 0 Å². The van der Waals surface area contributed by atoms with Gasteiger partial charge in [0, 0.05) is 10.9 Å². The Labute approximate surface area is 119 Å². The zero-order chi connectivity index (χ0) is 14.2. The van der Waals surface area contributed by atoms with Gasteiger partial charge in [-0.05, 0) is 23.6 Å². The number of hydrogen-bond acceptors (Lipinski definition) is 6. The van der Waals surface area contributed by atoms with E-state index in [-0.39, 0.29) is 6.54 Å². The molecular formula is C11H11N5O2S2. The first-order valence-electron chi connectivity index (χ1n) is 5.71. The normalized spacial score (nSPS) is 12.1. The van der Waals surface area contributed by atoms with Gasteiger partial charge in [0.25, 0.3) is 0 Å². The molecule has 20 heavy (non-hydrogen) atoms. The summed E-state index contributed by atoms with van der Waals surface area (Å²) < 4.78 is 26.2. The zero-order valence-corrected chi connectivity index (χ0v) is 12.1. The van der Waals surface area contributed by atoms with Gasteiger partial charge < -0.3 is 0 Å². The number of sulfonamides is 1. The van der Waals surface area contributed by atoms with E-state index in [4.69, 9.17) is 0 Å². The van der Waals surface area contributed by atoms with Crippen LogP contribution in [0.5, 0.6) is 0 Å². The Morgan fingerprint density at radius 3 is 2.85 bits per heavy atom. The lowest BCUT2D eigenvalue weighted by atomic mass is 10.2. The maximum atomic E-state index is 11.1. The summed E-state index contributed by atoms with van der Waals surface area (Å²) in [5.74, 6) is 0.447. The number of hydrogen-bond donors (Lipinski definition) is 1. The summed E-state index contributed by atoms with van der Waals surface area (Å²) in [5, 5.41) is 16.3. The molecule has 3 aromatic rings. The maximum Gasteiger partial charge on any atom is 0.209 e. The van der Waals surface area contributed by atoms with Crippen LogP contribution < -0.4 is 4.72 Å². The minimum atomic E-state index is -3.28. The van der Waals surface area contributed by atoms with E-state index in [1.54, 1.807) is 21.9 Å². The topological polar surface area (TPSA) is 89.2 Å². The maximum absolute atomic E-state index is 11.1. The molecule has 3 heterocycles. The summed E-state index contributed by atoms with van der Waals surface area (Å²) >= 11 is 1.59. The average molecular weight is 309 g/mol. The molecule has 0 radical (unpaired) electrons. The van der Waals surface area contributed by atoms with Crippen molar-refractivity contribution in [2.75, 3.05) is 6.26 Å². The molecule has 104 valence electrons. The Hall–Kier alpha value is -1.84. The fourth-order valence-electron chi connectivity index (χ4n) is 1.70. The van der Waals surface area contributed by atoms with Crippen molar-refractivity contribution in [2.24, 2.45) is 0 Å². The van der Waals surface area contributed by atoms with Crippen molar-refractivity contribution < 1.29 is 8.42 Å². The highest BCUT2D eigenvalue weighted by Gasteiger charge is 2.10. The van der Waals surface area contributed by atoms with Crippen LogP contribution in [0.2, 0.25) is 0 Å². The van der Waals surface area contributed by atoms with Crippen LogP contribution in [0.15, 0.2) is 29.0 Å². The lowest BCUT2D eigenvalue weighted by Crippen LogP contribution is -2.22. The Bertz CT molecular complexity index is 839. The zero-order valence-electron chi connectivity index (χ0n) is 10.5. The molecule has 7 nitrogen and oxygen atoms in total. The number of fused-ring (bicyclic) bond motifs is 1. The van der Waals surface area contributed by atoms with Gasteiger partial charge in [-0.2, -0.15) is 21.0 Å². The highest BCUT2D eigenvalue weighted by Crippen LogP contribution is 2.20. The molecule has 0 aliphatic heterocycles. The van der Waals surface area contributed by atoms with Crippen LogP contribution in [0.4, 0.5) is 0 Å². The third-order valence-electron chi connectivity index (χ3n) is 2.64. The minimum absolute atomic E-state index is 0.0556. The van der Waals surface area contributed by atoms with Crippen LogP contribution in [0.1, 0.15) is 5.82 Å². The van der Waals surface area contributed by atoms with Gasteiger partial charge in [-0.1, -0.05) is 0 Å². The molecule has 0 fully saturated rings. The van der Waals surface area contributed by atoms with Gasteiger partial charge in [-0.15, -0.1) is 10.2 Å². The van der Waals surface area contributed by atoms with Gasteiger partial charge in [0.1, 0.15) is 0 Å². The van der Waals surface area contributed by atoms with E-state index < -0.39 is 10.0 Å². The lowest BCUT2D eigenvalue weighted by molar-refractivity contribution is 0.584. The van der Waals surface area contributed by atoms with E-state index in [0.29, 0.717) is 11.5 Å². The van der Waals surface area contributed by atoms with Crippen molar-refractivity contribution >= 4 is 27.0 Å². The highest BCUT2D eigenvalue weighted by molar-refractivity contribution is 7.88. The Morgan fingerprint density at radius 1 is 1.30 bits per heavy atom. The molecule has 0 aliphatic carbocycles. The third kappa shape index (κ3) is 2.69. The molecule has 0 spiro atoms. The van der Waals surface area contributed by atoms with Crippen LogP contribution in [0.3, 0.4) is 0 Å². The molecule has 0 saturated carbocycles. The average Bonchev–Trinajstić information content (AvgIpc) is 3.04. The summed E-state index contributed by atoms with van der Waals surface area (Å²) in [5.41, 5.74) is 2.38. The number of aromatic nitrogens is 4. The summed E-state index contributed by atoms with van der Waals surface area (Å²) in [4.78, 5) is 0. The van der Waals surface area contributed by atoms with Crippen molar-refractivity contribution in [3.05, 3.63) is 34.8 Å². The third-order valence-corrected chi connectivity index (χ3v) is 3.99. The number of nitrogens with zero attached hydrogens (tertiary/aromatic N) is 4. The van der Waals surface area contributed by atoms with Gasteiger partial charge in [-0.3, -0.25) is 0 Å². The summed E-state index contributed by atoms with van der Waals surface area (Å²) in [6.07, 6.45) is 1.10. The molecule has 9 heteroatoms. The van der Waals surface area contributed by atoms with Crippen molar-refractivity contribution in [1.82, 2.24) is 24.5 Å². The predicted molar refractivity (Wildman–Crippen MR) is 75.8 cm³/mol. The van der Waals surface area contributed by atoms with Crippen LogP contribution in [0.25, 0.3) is 16.9 Å². The first kappa shape index (κ1) is 13.2. The molecule has 0 aliphatic rings. The van der Waals surface area contributed by atoms with Gasteiger partial charge in [-0.25, -0.2) is 13.1 Å². The molecule has 0 atom stereocenters. The van der Waals surface area contributed by atoms with Crippen LogP contribution in [0, 0.1) is 0 Å². The van der Waals surface area contributed by atoms with Crippen molar-refractivity contribution in [3.8, 4) is 11.3 Å². The van der Waals surface area contributed by atoms with E-state index in [9.17, 15) is 8.42 Å². The molecule has 0 aromatic carbocycles. The molecule has 0 bridgehead atoms. The molecular weight excluding hydrogens is 298 g/mol. The van der Waals surface area contributed by atoms with Crippen LogP contribution in [-0.4, -0.2) is 34.5 Å². The predicted octanol–water partition coefficient (Wildman–Crippen LogP) is 0.902.